The van der Waals surface area contributed by atoms with Gasteiger partial charge in [0, 0.05) is 6.54 Å². The molecular weight excluding hydrogens is 298 g/mol. The number of aliphatic hydroxyl groups excluding tert-OH is 1. The van der Waals surface area contributed by atoms with Crippen LogP contribution in [0.15, 0.2) is 42.5 Å². The third kappa shape index (κ3) is 3.21. The van der Waals surface area contributed by atoms with Crippen LogP contribution in [-0.4, -0.2) is 24.8 Å². The molecule has 0 saturated heterocycles. The molecule has 2 aromatic rings. The molecule has 0 bridgehead atoms. The number of para-hydroxylation sites is 1. The van der Waals surface area contributed by atoms with E-state index in [2.05, 4.69) is 4.90 Å². The summed E-state index contributed by atoms with van der Waals surface area (Å²) in [5.41, 5.74) is 3.23. The van der Waals surface area contributed by atoms with Crippen LogP contribution in [0.25, 0.3) is 0 Å². The summed E-state index contributed by atoms with van der Waals surface area (Å²) in [5.74, 6) is 0.884. The minimum Gasteiger partial charge on any atom is -0.492 e. The molecule has 4 heteroatoms. The molecule has 0 radical (unpaired) electrons. The first-order chi connectivity index (χ1) is 10.8. The molecule has 0 aliphatic carbocycles. The Hall–Kier alpha value is -1.71. The number of ether oxygens (including phenoxy) is 1. The van der Waals surface area contributed by atoms with E-state index in [-0.39, 0.29) is 6.61 Å². The lowest BCUT2D eigenvalue weighted by molar-refractivity contribution is 0.280. The van der Waals surface area contributed by atoms with Gasteiger partial charge in [0.05, 0.1) is 23.9 Å². The number of anilines is 1. The molecule has 1 aliphatic rings. The van der Waals surface area contributed by atoms with Crippen molar-refractivity contribution in [2.75, 3.05) is 24.6 Å². The van der Waals surface area contributed by atoms with Crippen LogP contribution in [0.2, 0.25) is 5.02 Å². The summed E-state index contributed by atoms with van der Waals surface area (Å²) in [6.07, 6.45) is 2.05. The predicted octanol–water partition coefficient (Wildman–Crippen LogP) is 3.66. The number of hydrogen-bond acceptors (Lipinski definition) is 3. The van der Waals surface area contributed by atoms with Gasteiger partial charge < -0.3 is 14.7 Å². The van der Waals surface area contributed by atoms with E-state index >= 15 is 0 Å². The second-order valence-corrected chi connectivity index (χ2v) is 5.85. The van der Waals surface area contributed by atoms with E-state index in [1.807, 2.05) is 42.5 Å². The van der Waals surface area contributed by atoms with Crippen molar-refractivity contribution in [2.45, 2.75) is 19.4 Å². The summed E-state index contributed by atoms with van der Waals surface area (Å²) in [6.45, 7) is 2.44. The van der Waals surface area contributed by atoms with Crippen molar-refractivity contribution in [3.05, 3.63) is 58.6 Å². The van der Waals surface area contributed by atoms with Gasteiger partial charge in [0.25, 0.3) is 0 Å². The van der Waals surface area contributed by atoms with Gasteiger partial charge in [-0.3, -0.25) is 0 Å². The fraction of sp³-hybridized carbons (Fsp3) is 0.333. The van der Waals surface area contributed by atoms with Gasteiger partial charge in [-0.15, -0.1) is 0 Å². The Morgan fingerprint density at radius 2 is 1.95 bits per heavy atom. The molecule has 0 fully saturated rings. The van der Waals surface area contributed by atoms with Gasteiger partial charge in [0.2, 0.25) is 0 Å². The van der Waals surface area contributed by atoms with Crippen molar-refractivity contribution in [1.29, 1.82) is 0 Å². The number of hydrogen-bond donors (Lipinski definition) is 1. The normalized spacial score (nSPS) is 13.8. The maximum atomic E-state index is 9.51. The topological polar surface area (TPSA) is 32.7 Å². The maximum absolute atomic E-state index is 9.51. The van der Waals surface area contributed by atoms with E-state index < -0.39 is 0 Å². The molecule has 2 aromatic carbocycles. The van der Waals surface area contributed by atoms with E-state index in [1.54, 1.807) is 0 Å². The summed E-state index contributed by atoms with van der Waals surface area (Å²) >= 11 is 6.40. The second kappa shape index (κ2) is 7.03. The van der Waals surface area contributed by atoms with Crippen LogP contribution < -0.4 is 9.64 Å². The van der Waals surface area contributed by atoms with Crippen molar-refractivity contribution in [3.8, 4) is 5.75 Å². The highest BCUT2D eigenvalue weighted by atomic mass is 35.5. The molecule has 0 saturated carbocycles. The number of nitrogens with zero attached hydrogens (tertiary/aromatic N) is 1. The fourth-order valence-electron chi connectivity index (χ4n) is 2.99. The summed E-state index contributed by atoms with van der Waals surface area (Å²) < 4.78 is 5.79. The standard InChI is InChI=1S/C18H20ClNO2/c19-17-9-8-14(13-21)16-7-4-10-20(18(16)17)11-12-22-15-5-2-1-3-6-15/h1-3,5-6,8-9,21H,4,7,10-13H2. The van der Waals surface area contributed by atoms with E-state index in [1.165, 1.54) is 5.56 Å². The van der Waals surface area contributed by atoms with Crippen molar-refractivity contribution < 1.29 is 9.84 Å². The molecule has 22 heavy (non-hydrogen) atoms. The smallest absolute Gasteiger partial charge is 0.119 e. The van der Waals surface area contributed by atoms with Crippen LogP contribution in [-0.2, 0) is 13.0 Å². The molecule has 0 aromatic heterocycles. The zero-order valence-corrected chi connectivity index (χ0v) is 13.2. The van der Waals surface area contributed by atoms with E-state index in [0.717, 1.165) is 48.0 Å². The number of fused-ring (bicyclic) bond motifs is 1. The highest BCUT2D eigenvalue weighted by Gasteiger charge is 2.22. The van der Waals surface area contributed by atoms with Crippen LogP contribution in [0.1, 0.15) is 17.5 Å². The van der Waals surface area contributed by atoms with Crippen LogP contribution in [0, 0.1) is 0 Å². The largest absolute Gasteiger partial charge is 0.492 e. The lowest BCUT2D eigenvalue weighted by Gasteiger charge is -2.33. The van der Waals surface area contributed by atoms with E-state index in [0.29, 0.717) is 6.61 Å². The van der Waals surface area contributed by atoms with Crippen molar-refractivity contribution in [2.24, 2.45) is 0 Å². The first kappa shape index (κ1) is 15.2. The maximum Gasteiger partial charge on any atom is 0.119 e. The Labute approximate surface area is 136 Å². The van der Waals surface area contributed by atoms with Gasteiger partial charge >= 0.3 is 0 Å². The Bertz CT molecular complexity index is 630. The van der Waals surface area contributed by atoms with Crippen LogP contribution in [0.4, 0.5) is 5.69 Å². The van der Waals surface area contributed by atoms with Gasteiger partial charge in [-0.1, -0.05) is 35.9 Å². The number of rotatable bonds is 5. The summed E-state index contributed by atoms with van der Waals surface area (Å²) in [7, 11) is 0. The molecular formula is C18H20ClNO2. The first-order valence-corrected chi connectivity index (χ1v) is 8.01. The van der Waals surface area contributed by atoms with Crippen LogP contribution in [0.3, 0.4) is 0 Å². The molecule has 3 nitrogen and oxygen atoms in total. The van der Waals surface area contributed by atoms with Crippen molar-refractivity contribution >= 4 is 17.3 Å². The summed E-state index contributed by atoms with van der Waals surface area (Å²) in [5, 5.41) is 10.3. The van der Waals surface area contributed by atoms with Crippen LogP contribution >= 0.6 is 11.6 Å². The molecule has 0 spiro atoms. The SMILES string of the molecule is OCc1ccc(Cl)c2c1CCCN2CCOc1ccccc1. The average Bonchev–Trinajstić information content (AvgIpc) is 2.56. The molecule has 1 aliphatic heterocycles. The Kier molecular flexibility index (Phi) is 4.86. The highest BCUT2D eigenvalue weighted by molar-refractivity contribution is 6.33. The summed E-state index contributed by atoms with van der Waals surface area (Å²) in [4.78, 5) is 2.27. The third-order valence-electron chi connectivity index (χ3n) is 4.05. The summed E-state index contributed by atoms with van der Waals surface area (Å²) in [6, 6.07) is 13.6. The zero-order valence-electron chi connectivity index (χ0n) is 12.5. The highest BCUT2D eigenvalue weighted by Crippen LogP contribution is 2.36. The zero-order chi connectivity index (χ0) is 15.4. The van der Waals surface area contributed by atoms with E-state index in [4.69, 9.17) is 16.3 Å². The van der Waals surface area contributed by atoms with Crippen LogP contribution in [0.5, 0.6) is 5.75 Å². The minimum atomic E-state index is 0.0634. The molecule has 0 unspecified atom stereocenters. The molecule has 3 rings (SSSR count). The lowest BCUT2D eigenvalue weighted by Crippen LogP contribution is -2.34. The number of benzene rings is 2. The second-order valence-electron chi connectivity index (χ2n) is 5.44. The van der Waals surface area contributed by atoms with Gasteiger partial charge in [-0.05, 0) is 42.2 Å². The molecule has 0 amide bonds. The number of halogens is 1. The fourth-order valence-corrected chi connectivity index (χ4v) is 3.29. The quantitative estimate of drug-likeness (QED) is 0.913. The predicted molar refractivity (Wildman–Crippen MR) is 89.8 cm³/mol. The van der Waals surface area contributed by atoms with Gasteiger partial charge in [-0.25, -0.2) is 0 Å². The number of aliphatic hydroxyl groups is 1. The van der Waals surface area contributed by atoms with Crippen molar-refractivity contribution in [1.82, 2.24) is 0 Å². The molecule has 116 valence electrons. The molecule has 1 N–H and O–H groups in total. The average molecular weight is 318 g/mol. The Balaban J connectivity index is 1.72. The minimum absolute atomic E-state index is 0.0634. The third-order valence-corrected chi connectivity index (χ3v) is 4.35. The molecule has 1 heterocycles. The first-order valence-electron chi connectivity index (χ1n) is 7.63. The lowest BCUT2D eigenvalue weighted by atomic mass is 9.96. The Morgan fingerprint density at radius 3 is 2.73 bits per heavy atom. The molecule has 0 atom stereocenters. The van der Waals surface area contributed by atoms with Gasteiger partial charge in [-0.2, -0.15) is 0 Å². The Morgan fingerprint density at radius 1 is 1.14 bits per heavy atom. The van der Waals surface area contributed by atoms with Crippen molar-refractivity contribution in [3.63, 3.8) is 0 Å². The monoisotopic (exact) mass is 317 g/mol. The van der Waals surface area contributed by atoms with E-state index in [9.17, 15) is 5.11 Å². The van der Waals surface area contributed by atoms with Gasteiger partial charge in [0.15, 0.2) is 0 Å². The van der Waals surface area contributed by atoms with Gasteiger partial charge in [0.1, 0.15) is 12.4 Å².